The normalized spacial score (nSPS) is 27.9. The zero-order chi connectivity index (χ0) is 21.5. The Morgan fingerprint density at radius 1 is 1.16 bits per heavy atom. The van der Waals surface area contributed by atoms with E-state index in [4.69, 9.17) is 4.74 Å². The van der Waals surface area contributed by atoms with E-state index in [0.717, 1.165) is 41.9 Å². The van der Waals surface area contributed by atoms with Crippen LogP contribution in [0.3, 0.4) is 0 Å². The molecule has 8 heteroatoms. The zero-order valence-electron chi connectivity index (χ0n) is 17.4. The number of benzene rings is 1. The molecule has 3 heterocycles. The van der Waals surface area contributed by atoms with Crippen molar-refractivity contribution in [1.82, 2.24) is 9.58 Å². The van der Waals surface area contributed by atoms with E-state index in [1.165, 1.54) is 24.1 Å². The van der Waals surface area contributed by atoms with Crippen LogP contribution in [0.5, 0.6) is 0 Å². The summed E-state index contributed by atoms with van der Waals surface area (Å²) >= 11 is 0. The van der Waals surface area contributed by atoms with Crippen molar-refractivity contribution in [3.8, 4) is 0 Å². The van der Waals surface area contributed by atoms with E-state index in [2.05, 4.69) is 16.5 Å². The Balaban J connectivity index is 1.49. The second-order valence-electron chi connectivity index (χ2n) is 8.43. The van der Waals surface area contributed by atoms with Crippen molar-refractivity contribution in [2.75, 3.05) is 5.43 Å². The van der Waals surface area contributed by atoms with Crippen LogP contribution in [0.1, 0.15) is 50.0 Å². The number of halogens is 1. The lowest BCUT2D eigenvalue weighted by Gasteiger charge is -2.27. The average Bonchev–Trinajstić information content (AvgIpc) is 3.28. The van der Waals surface area contributed by atoms with Crippen LogP contribution in [0.25, 0.3) is 5.57 Å². The Morgan fingerprint density at radius 2 is 1.97 bits per heavy atom. The maximum absolute atomic E-state index is 13.2. The number of aliphatic hydroxyl groups is 2. The molecular weight excluding hydrogens is 399 g/mol. The second kappa shape index (κ2) is 8.11. The van der Waals surface area contributed by atoms with Gasteiger partial charge >= 0.3 is 0 Å². The number of hydrogen-bond donors (Lipinski definition) is 3. The topological polar surface area (TPSA) is 82.2 Å². The highest BCUT2D eigenvalue weighted by Crippen LogP contribution is 2.41. The maximum Gasteiger partial charge on any atom is 0.164 e. The Morgan fingerprint density at radius 3 is 2.65 bits per heavy atom. The molecule has 1 saturated heterocycles. The van der Waals surface area contributed by atoms with Gasteiger partial charge in [-0.3, -0.25) is 10.4 Å². The summed E-state index contributed by atoms with van der Waals surface area (Å²) in [6.45, 7) is 2.31. The Kier molecular flexibility index (Phi) is 5.29. The molecule has 2 aromatic rings. The number of hydrogen-bond acceptors (Lipinski definition) is 6. The summed E-state index contributed by atoms with van der Waals surface area (Å²) in [5, 5.41) is 22.6. The van der Waals surface area contributed by atoms with Crippen molar-refractivity contribution in [3.05, 3.63) is 53.5 Å². The molecule has 3 aliphatic rings. The van der Waals surface area contributed by atoms with E-state index in [1.54, 1.807) is 25.4 Å². The summed E-state index contributed by atoms with van der Waals surface area (Å²) in [6, 6.07) is 6.18. The summed E-state index contributed by atoms with van der Waals surface area (Å²) in [6.07, 6.45) is 7.24. The molecule has 1 aromatic heterocycles. The second-order valence-corrected chi connectivity index (χ2v) is 8.43. The summed E-state index contributed by atoms with van der Waals surface area (Å²) < 4.78 is 21.0. The van der Waals surface area contributed by atoms with Gasteiger partial charge in [0.1, 0.15) is 30.2 Å². The van der Waals surface area contributed by atoms with Crippen LogP contribution in [0.2, 0.25) is 0 Å². The van der Waals surface area contributed by atoms with Crippen molar-refractivity contribution in [2.45, 2.75) is 63.7 Å². The molecule has 4 atom stereocenters. The third-order valence-electron chi connectivity index (χ3n) is 6.26. The van der Waals surface area contributed by atoms with Crippen LogP contribution in [0.4, 0.5) is 15.9 Å². The van der Waals surface area contributed by atoms with Gasteiger partial charge in [-0.15, -0.1) is 0 Å². The monoisotopic (exact) mass is 426 g/mol. The summed E-state index contributed by atoms with van der Waals surface area (Å²) in [7, 11) is 0. The molecule has 2 aliphatic heterocycles. The van der Waals surface area contributed by atoms with Gasteiger partial charge in [-0.25, -0.2) is 9.38 Å². The van der Waals surface area contributed by atoms with Crippen molar-refractivity contribution in [1.29, 1.82) is 0 Å². The van der Waals surface area contributed by atoms with Crippen molar-refractivity contribution < 1.29 is 19.3 Å². The summed E-state index contributed by atoms with van der Waals surface area (Å²) in [5.41, 5.74) is 7.43. The minimum atomic E-state index is -1.02. The predicted octanol–water partition coefficient (Wildman–Crippen LogP) is 3.73. The molecular formula is C23H27FN4O3. The van der Waals surface area contributed by atoms with Gasteiger partial charge in [-0.05, 0) is 62.4 Å². The van der Waals surface area contributed by atoms with Crippen LogP contribution in [0.15, 0.2) is 41.5 Å². The maximum atomic E-state index is 13.2. The minimum Gasteiger partial charge on any atom is -0.388 e. The fourth-order valence-electron chi connectivity index (χ4n) is 4.56. The van der Waals surface area contributed by atoms with Gasteiger partial charge in [0.15, 0.2) is 6.23 Å². The van der Waals surface area contributed by atoms with E-state index in [0.29, 0.717) is 6.54 Å². The molecule has 5 rings (SSSR count). The number of hydrazine groups is 1. The van der Waals surface area contributed by atoms with Gasteiger partial charge in [0.25, 0.3) is 0 Å². The number of aliphatic hydroxyl groups excluding tert-OH is 2. The number of allylic oxidation sites excluding steroid dienone is 2. The quantitative estimate of drug-likeness (QED) is 0.694. The average molecular weight is 426 g/mol. The fraction of sp³-hybridized carbons (Fsp3) is 0.435. The van der Waals surface area contributed by atoms with Crippen LogP contribution in [-0.4, -0.2) is 44.4 Å². The number of aromatic nitrogens is 1. The molecule has 0 unspecified atom stereocenters. The first-order valence-electron chi connectivity index (χ1n) is 10.8. The van der Waals surface area contributed by atoms with E-state index < -0.39 is 24.5 Å². The van der Waals surface area contributed by atoms with Crippen LogP contribution in [-0.2, 0) is 11.3 Å². The minimum absolute atomic E-state index is 0.282. The van der Waals surface area contributed by atoms with Gasteiger partial charge in [0, 0.05) is 17.3 Å². The molecule has 31 heavy (non-hydrogen) atoms. The first-order valence-corrected chi connectivity index (χ1v) is 10.8. The number of ether oxygens (including phenoxy) is 1. The molecule has 0 spiro atoms. The van der Waals surface area contributed by atoms with Gasteiger partial charge in [0.05, 0.1) is 18.3 Å². The lowest BCUT2D eigenvalue weighted by molar-refractivity contribution is -0.0309. The molecule has 3 N–H and O–H groups in total. The predicted molar refractivity (Wildman–Crippen MR) is 116 cm³/mol. The third-order valence-corrected chi connectivity index (χ3v) is 6.26. The number of anilines is 1. The number of nitrogens with zero attached hydrogens (tertiary/aromatic N) is 3. The number of aliphatic imine (C=N–C) groups is 1. The largest absolute Gasteiger partial charge is 0.388 e. The number of nitrogens with one attached hydrogen (secondary N) is 1. The van der Waals surface area contributed by atoms with Crippen molar-refractivity contribution in [2.24, 2.45) is 4.99 Å². The van der Waals surface area contributed by atoms with E-state index in [1.807, 2.05) is 15.8 Å². The standard InChI is InChI=1S/C23H27FN4O3/c1-14-20(29)21(30)23(31-14)28-12-18(15-5-3-2-4-6-15)19-11-27(13-25-22(19)28)26-17-9-7-16(24)8-10-17/h5,7-10,12-14,20-21,23,26,29-30H,2-4,6,11H2,1H3/t14-,20-,21-,23-/m1/s1. The first-order chi connectivity index (χ1) is 15.0. The Labute approximate surface area is 180 Å². The molecule has 0 bridgehead atoms. The highest BCUT2D eigenvalue weighted by Gasteiger charge is 2.43. The molecule has 0 amide bonds. The van der Waals surface area contributed by atoms with Crippen LogP contribution in [0, 0.1) is 5.82 Å². The van der Waals surface area contributed by atoms with Crippen molar-refractivity contribution >= 4 is 23.4 Å². The van der Waals surface area contributed by atoms with E-state index in [-0.39, 0.29) is 5.82 Å². The smallest absolute Gasteiger partial charge is 0.164 e. The van der Waals surface area contributed by atoms with Gasteiger partial charge < -0.3 is 19.5 Å². The fourth-order valence-corrected chi connectivity index (χ4v) is 4.56. The Hall–Kier alpha value is -2.68. The highest BCUT2D eigenvalue weighted by molar-refractivity contribution is 5.77. The molecule has 0 saturated carbocycles. The van der Waals surface area contributed by atoms with Gasteiger partial charge in [-0.1, -0.05) is 6.08 Å². The van der Waals surface area contributed by atoms with Crippen molar-refractivity contribution in [3.63, 3.8) is 0 Å². The molecule has 164 valence electrons. The summed E-state index contributed by atoms with van der Waals surface area (Å²) in [5.74, 6) is 0.444. The number of rotatable bonds is 4. The molecule has 1 aromatic carbocycles. The van der Waals surface area contributed by atoms with Crippen LogP contribution >= 0.6 is 0 Å². The third kappa shape index (κ3) is 3.75. The summed E-state index contributed by atoms with van der Waals surface area (Å²) in [4.78, 5) is 4.66. The lowest BCUT2D eigenvalue weighted by Crippen LogP contribution is -2.31. The van der Waals surface area contributed by atoms with Gasteiger partial charge in [0.2, 0.25) is 0 Å². The highest BCUT2D eigenvalue weighted by atomic mass is 19.1. The van der Waals surface area contributed by atoms with Crippen LogP contribution < -0.4 is 5.43 Å². The molecule has 7 nitrogen and oxygen atoms in total. The lowest BCUT2D eigenvalue weighted by atomic mass is 9.93. The Bertz CT molecular complexity index is 1020. The number of fused-ring (bicyclic) bond motifs is 1. The molecule has 0 radical (unpaired) electrons. The van der Waals surface area contributed by atoms with E-state index in [9.17, 15) is 14.6 Å². The van der Waals surface area contributed by atoms with E-state index >= 15 is 0 Å². The molecule has 1 aliphatic carbocycles. The SMILES string of the molecule is C[C@H]1O[C@@H](n2cc(C3=CCCCC3)c3c2N=CN(Nc2ccc(F)cc2)C3)[C@H](O)[C@@H]1O. The first kappa shape index (κ1) is 20.2. The molecule has 1 fully saturated rings. The zero-order valence-corrected chi connectivity index (χ0v) is 17.4. The van der Waals surface area contributed by atoms with Gasteiger partial charge in [-0.2, -0.15) is 0 Å².